The van der Waals surface area contributed by atoms with Crippen molar-refractivity contribution < 1.29 is 9.72 Å². The molecule has 0 saturated carbocycles. The summed E-state index contributed by atoms with van der Waals surface area (Å²) in [4.78, 5) is 23.0. The number of aryl methyl sites for hydroxylation is 1. The fraction of sp³-hybridized carbons (Fsp3) is 0.0588. The van der Waals surface area contributed by atoms with Crippen LogP contribution in [0.1, 0.15) is 16.1 Å². The summed E-state index contributed by atoms with van der Waals surface area (Å²) >= 11 is 0. The van der Waals surface area contributed by atoms with Crippen LogP contribution in [0.5, 0.6) is 0 Å². The number of aromatic nitrogens is 2. The van der Waals surface area contributed by atoms with Crippen LogP contribution >= 0.6 is 0 Å². The Morgan fingerprint density at radius 1 is 1.12 bits per heavy atom. The molecule has 0 bridgehead atoms. The maximum Gasteiger partial charge on any atom is 0.282 e. The smallest absolute Gasteiger partial charge is 0.282 e. The minimum atomic E-state index is -0.575. The van der Waals surface area contributed by atoms with E-state index in [0.29, 0.717) is 5.82 Å². The Balaban J connectivity index is 1.96. The molecule has 0 fully saturated rings. The van der Waals surface area contributed by atoms with Gasteiger partial charge in [-0.25, -0.2) is 4.68 Å². The molecule has 7 heteroatoms. The van der Waals surface area contributed by atoms with Crippen LogP contribution in [0.4, 0.5) is 11.5 Å². The van der Waals surface area contributed by atoms with Crippen LogP contribution in [0.15, 0.2) is 60.7 Å². The fourth-order valence-corrected chi connectivity index (χ4v) is 2.36. The molecule has 1 heterocycles. The molecule has 0 atom stereocenters. The standard InChI is InChI=1S/C17H14N4O3/c1-12-11-16(20(19-12)13-7-3-2-4-8-13)18-17(22)14-9-5-6-10-15(14)21(23)24/h2-11H,1H3,(H,18,22). The average Bonchev–Trinajstić information content (AvgIpc) is 2.96. The van der Waals surface area contributed by atoms with Gasteiger partial charge in [-0.15, -0.1) is 0 Å². The van der Waals surface area contributed by atoms with Gasteiger partial charge in [0.15, 0.2) is 0 Å². The number of benzene rings is 2. The first-order valence-corrected chi connectivity index (χ1v) is 7.23. The number of rotatable bonds is 4. The van der Waals surface area contributed by atoms with E-state index in [1.165, 1.54) is 18.2 Å². The van der Waals surface area contributed by atoms with Gasteiger partial charge in [0, 0.05) is 12.1 Å². The first kappa shape index (κ1) is 15.4. The number of anilines is 1. The zero-order valence-electron chi connectivity index (χ0n) is 12.8. The van der Waals surface area contributed by atoms with Gasteiger partial charge < -0.3 is 5.32 Å². The van der Waals surface area contributed by atoms with Gasteiger partial charge >= 0.3 is 0 Å². The predicted molar refractivity (Wildman–Crippen MR) is 89.4 cm³/mol. The molecule has 0 aliphatic heterocycles. The van der Waals surface area contributed by atoms with Crippen LogP contribution in [0.2, 0.25) is 0 Å². The summed E-state index contributed by atoms with van der Waals surface area (Å²) in [6.07, 6.45) is 0. The molecule has 7 nitrogen and oxygen atoms in total. The molecular weight excluding hydrogens is 308 g/mol. The average molecular weight is 322 g/mol. The van der Waals surface area contributed by atoms with Gasteiger partial charge in [0.05, 0.1) is 16.3 Å². The van der Waals surface area contributed by atoms with Crippen molar-refractivity contribution >= 4 is 17.4 Å². The summed E-state index contributed by atoms with van der Waals surface area (Å²) in [5, 5.41) is 18.1. The quantitative estimate of drug-likeness (QED) is 0.589. The van der Waals surface area contributed by atoms with Gasteiger partial charge in [-0.1, -0.05) is 30.3 Å². The normalized spacial score (nSPS) is 10.4. The van der Waals surface area contributed by atoms with Gasteiger partial charge in [-0.05, 0) is 25.1 Å². The molecule has 2 aromatic carbocycles. The number of nitro groups is 1. The molecule has 0 unspecified atom stereocenters. The minimum absolute atomic E-state index is 0.000893. The van der Waals surface area contributed by atoms with E-state index in [2.05, 4.69) is 10.4 Å². The zero-order valence-corrected chi connectivity index (χ0v) is 12.8. The lowest BCUT2D eigenvalue weighted by Gasteiger charge is -2.09. The van der Waals surface area contributed by atoms with Crippen molar-refractivity contribution in [2.45, 2.75) is 6.92 Å². The van der Waals surface area contributed by atoms with Crippen molar-refractivity contribution in [1.29, 1.82) is 0 Å². The SMILES string of the molecule is Cc1cc(NC(=O)c2ccccc2[N+](=O)[O-])n(-c2ccccc2)n1. The lowest BCUT2D eigenvalue weighted by Crippen LogP contribution is -2.16. The van der Waals surface area contributed by atoms with Crippen molar-refractivity contribution in [3.05, 3.63) is 82.0 Å². The Labute approximate surface area is 137 Å². The minimum Gasteiger partial charge on any atom is -0.306 e. The highest BCUT2D eigenvalue weighted by atomic mass is 16.6. The molecule has 1 amide bonds. The van der Waals surface area contributed by atoms with Crippen LogP contribution < -0.4 is 5.32 Å². The second-order valence-corrected chi connectivity index (χ2v) is 5.15. The highest BCUT2D eigenvalue weighted by Crippen LogP contribution is 2.21. The van der Waals surface area contributed by atoms with Crippen LogP contribution in [-0.4, -0.2) is 20.6 Å². The van der Waals surface area contributed by atoms with Crippen molar-refractivity contribution in [3.63, 3.8) is 0 Å². The highest BCUT2D eigenvalue weighted by molar-refractivity contribution is 6.06. The van der Waals surface area contributed by atoms with E-state index in [4.69, 9.17) is 0 Å². The van der Waals surface area contributed by atoms with Gasteiger partial charge in [-0.3, -0.25) is 14.9 Å². The molecule has 0 saturated heterocycles. The number of hydrogen-bond acceptors (Lipinski definition) is 4. The van der Waals surface area contributed by atoms with Crippen molar-refractivity contribution in [2.24, 2.45) is 0 Å². The van der Waals surface area contributed by atoms with Crippen molar-refractivity contribution in [1.82, 2.24) is 9.78 Å². The third-order valence-corrected chi connectivity index (χ3v) is 3.42. The van der Waals surface area contributed by atoms with Gasteiger partial charge in [0.25, 0.3) is 11.6 Å². The summed E-state index contributed by atoms with van der Waals surface area (Å²) < 4.78 is 1.59. The van der Waals surface area contributed by atoms with E-state index in [9.17, 15) is 14.9 Å². The number of carbonyl (C=O) groups excluding carboxylic acids is 1. The Bertz CT molecular complexity index is 903. The van der Waals surface area contributed by atoms with Crippen LogP contribution in [0.25, 0.3) is 5.69 Å². The number of nitrogens with zero attached hydrogens (tertiary/aromatic N) is 3. The lowest BCUT2D eigenvalue weighted by atomic mass is 10.1. The first-order chi connectivity index (χ1) is 11.6. The van der Waals surface area contributed by atoms with Crippen molar-refractivity contribution in [2.75, 3.05) is 5.32 Å². The second kappa shape index (κ2) is 6.33. The summed E-state index contributed by atoms with van der Waals surface area (Å²) in [5.74, 6) is -0.110. The molecule has 24 heavy (non-hydrogen) atoms. The molecule has 0 aliphatic carbocycles. The topological polar surface area (TPSA) is 90.1 Å². The summed E-state index contributed by atoms with van der Waals surface area (Å²) in [6.45, 7) is 1.81. The number of nitrogens with one attached hydrogen (secondary N) is 1. The molecule has 3 aromatic rings. The zero-order chi connectivity index (χ0) is 17.1. The summed E-state index contributed by atoms with van der Waals surface area (Å²) in [7, 11) is 0. The van der Waals surface area contributed by atoms with Crippen LogP contribution in [0.3, 0.4) is 0 Å². The van der Waals surface area contributed by atoms with E-state index < -0.39 is 10.8 Å². The molecule has 120 valence electrons. The van der Waals surface area contributed by atoms with E-state index >= 15 is 0 Å². The fourth-order valence-electron chi connectivity index (χ4n) is 2.36. The monoisotopic (exact) mass is 322 g/mol. The highest BCUT2D eigenvalue weighted by Gasteiger charge is 2.20. The Hall–Kier alpha value is -3.48. The molecule has 1 aromatic heterocycles. The van der Waals surface area contributed by atoms with Gasteiger partial charge in [-0.2, -0.15) is 5.10 Å². The molecule has 0 aliphatic rings. The number of carbonyl (C=O) groups is 1. The van der Waals surface area contributed by atoms with E-state index in [1.54, 1.807) is 23.7 Å². The van der Waals surface area contributed by atoms with Gasteiger partial charge in [0.2, 0.25) is 0 Å². The van der Waals surface area contributed by atoms with E-state index in [0.717, 1.165) is 11.4 Å². The number of para-hydroxylation sites is 2. The van der Waals surface area contributed by atoms with E-state index in [-0.39, 0.29) is 11.3 Å². The Morgan fingerprint density at radius 2 is 1.79 bits per heavy atom. The first-order valence-electron chi connectivity index (χ1n) is 7.23. The van der Waals surface area contributed by atoms with Crippen LogP contribution in [-0.2, 0) is 0 Å². The Morgan fingerprint density at radius 3 is 2.50 bits per heavy atom. The van der Waals surface area contributed by atoms with E-state index in [1.807, 2.05) is 30.3 Å². The van der Waals surface area contributed by atoms with Crippen molar-refractivity contribution in [3.8, 4) is 5.69 Å². The Kier molecular flexibility index (Phi) is 4.07. The second-order valence-electron chi connectivity index (χ2n) is 5.15. The molecule has 0 spiro atoms. The number of hydrogen-bond donors (Lipinski definition) is 1. The van der Waals surface area contributed by atoms with Gasteiger partial charge in [0.1, 0.15) is 11.4 Å². The number of nitro benzene ring substituents is 1. The van der Waals surface area contributed by atoms with Crippen LogP contribution in [0, 0.1) is 17.0 Å². The molecule has 3 rings (SSSR count). The lowest BCUT2D eigenvalue weighted by molar-refractivity contribution is -0.385. The summed E-state index contributed by atoms with van der Waals surface area (Å²) in [6, 6.07) is 16.8. The molecule has 1 N–H and O–H groups in total. The third-order valence-electron chi connectivity index (χ3n) is 3.42. The maximum atomic E-state index is 12.5. The predicted octanol–water partition coefficient (Wildman–Crippen LogP) is 3.34. The molecular formula is C17H14N4O3. The third kappa shape index (κ3) is 3.00. The summed E-state index contributed by atoms with van der Waals surface area (Å²) in [5.41, 5.74) is 1.26. The maximum absolute atomic E-state index is 12.5. The molecule has 0 radical (unpaired) electrons. The largest absolute Gasteiger partial charge is 0.306 e. The number of amides is 1.